The maximum atomic E-state index is 10.2. The Morgan fingerprint density at radius 3 is 2.64 bits per heavy atom. The zero-order chi connectivity index (χ0) is 10.8. The fourth-order valence-electron chi connectivity index (χ4n) is 1.19. The lowest BCUT2D eigenvalue weighted by Crippen LogP contribution is -2.28. The molecule has 0 bridgehead atoms. The number of rotatable bonds is 9. The Morgan fingerprint density at radius 1 is 1.43 bits per heavy atom. The van der Waals surface area contributed by atoms with E-state index in [0.29, 0.717) is 0 Å². The van der Waals surface area contributed by atoms with E-state index in [1.54, 1.807) is 0 Å². The van der Waals surface area contributed by atoms with Gasteiger partial charge in [-0.2, -0.15) is 5.48 Å². The Labute approximate surface area is 85.6 Å². The first kappa shape index (κ1) is 13.4. The van der Waals surface area contributed by atoms with Gasteiger partial charge in [-0.3, -0.25) is 9.63 Å². The van der Waals surface area contributed by atoms with E-state index in [9.17, 15) is 4.79 Å². The van der Waals surface area contributed by atoms with Crippen LogP contribution in [0, 0.1) is 0 Å². The number of hydrogen-bond acceptors (Lipinski definition) is 3. The first-order valence-corrected chi connectivity index (χ1v) is 5.31. The van der Waals surface area contributed by atoms with E-state index in [0.717, 1.165) is 19.3 Å². The molecular formula is C10H21NO3. The normalized spacial score (nSPS) is 12.7. The van der Waals surface area contributed by atoms with E-state index in [2.05, 4.69) is 12.4 Å². The maximum absolute atomic E-state index is 10.2. The lowest BCUT2D eigenvalue weighted by Gasteiger charge is -2.14. The van der Waals surface area contributed by atoms with Gasteiger partial charge in [-0.05, 0) is 12.8 Å². The van der Waals surface area contributed by atoms with E-state index in [1.807, 2.05) is 6.92 Å². The molecule has 14 heavy (non-hydrogen) atoms. The van der Waals surface area contributed by atoms with Crippen LogP contribution in [0.25, 0.3) is 0 Å². The molecule has 0 aliphatic heterocycles. The summed E-state index contributed by atoms with van der Waals surface area (Å²) in [6, 6.07) is 0. The standard InChI is InChI=1S/C10H21NO3/c1-3-5-6-7-9(4-2)14-11-8-10(12)13/h9,11H,3-8H2,1-2H3,(H,12,13). The molecule has 0 rings (SSSR count). The molecule has 0 aliphatic carbocycles. The van der Waals surface area contributed by atoms with Gasteiger partial charge in [0.1, 0.15) is 6.54 Å². The Kier molecular flexibility index (Phi) is 8.57. The van der Waals surface area contributed by atoms with Crippen LogP contribution >= 0.6 is 0 Å². The van der Waals surface area contributed by atoms with Gasteiger partial charge in [-0.15, -0.1) is 0 Å². The highest BCUT2D eigenvalue weighted by Gasteiger charge is 2.06. The van der Waals surface area contributed by atoms with E-state index < -0.39 is 5.97 Å². The monoisotopic (exact) mass is 203 g/mol. The van der Waals surface area contributed by atoms with Crippen LogP contribution in [-0.2, 0) is 9.63 Å². The minimum Gasteiger partial charge on any atom is -0.480 e. The van der Waals surface area contributed by atoms with E-state index >= 15 is 0 Å². The summed E-state index contributed by atoms with van der Waals surface area (Å²) in [6.45, 7) is 4.06. The number of carboxylic acid groups (broad SMARTS) is 1. The molecule has 0 aromatic carbocycles. The number of aliphatic carboxylic acids is 1. The fourth-order valence-corrected chi connectivity index (χ4v) is 1.19. The third-order valence-corrected chi connectivity index (χ3v) is 2.06. The molecule has 0 aromatic heterocycles. The van der Waals surface area contributed by atoms with Crippen LogP contribution in [0.3, 0.4) is 0 Å². The number of unbranched alkanes of at least 4 members (excludes halogenated alkanes) is 2. The molecule has 0 saturated carbocycles. The summed E-state index contributed by atoms with van der Waals surface area (Å²) in [6.07, 6.45) is 5.59. The number of hydroxylamine groups is 1. The number of nitrogens with one attached hydrogen (secondary N) is 1. The fraction of sp³-hybridized carbons (Fsp3) is 0.900. The van der Waals surface area contributed by atoms with Crippen molar-refractivity contribution in [1.29, 1.82) is 0 Å². The number of hydrogen-bond donors (Lipinski definition) is 2. The molecule has 0 heterocycles. The summed E-state index contributed by atoms with van der Waals surface area (Å²) in [5.41, 5.74) is 2.46. The molecule has 84 valence electrons. The summed E-state index contributed by atoms with van der Waals surface area (Å²) in [5.74, 6) is -0.895. The van der Waals surface area contributed by atoms with Crippen molar-refractivity contribution in [2.75, 3.05) is 6.54 Å². The highest BCUT2D eigenvalue weighted by atomic mass is 16.7. The van der Waals surface area contributed by atoms with Crippen molar-refractivity contribution in [2.45, 2.75) is 52.1 Å². The highest BCUT2D eigenvalue weighted by molar-refractivity contribution is 5.68. The smallest absolute Gasteiger partial charge is 0.319 e. The molecular weight excluding hydrogens is 182 g/mol. The second-order valence-corrected chi connectivity index (χ2v) is 3.36. The van der Waals surface area contributed by atoms with Gasteiger partial charge in [-0.25, -0.2) is 0 Å². The highest BCUT2D eigenvalue weighted by Crippen LogP contribution is 2.08. The van der Waals surface area contributed by atoms with Gasteiger partial charge in [0, 0.05) is 0 Å². The molecule has 0 aliphatic rings. The van der Waals surface area contributed by atoms with Crippen molar-refractivity contribution in [1.82, 2.24) is 5.48 Å². The third kappa shape index (κ3) is 8.01. The average molecular weight is 203 g/mol. The molecule has 1 atom stereocenters. The summed E-state index contributed by atoms with van der Waals surface area (Å²) < 4.78 is 0. The molecule has 0 saturated heterocycles. The van der Waals surface area contributed by atoms with E-state index in [-0.39, 0.29) is 12.6 Å². The molecule has 0 amide bonds. The number of carboxylic acids is 1. The zero-order valence-corrected chi connectivity index (χ0v) is 9.08. The first-order valence-electron chi connectivity index (χ1n) is 5.31. The van der Waals surface area contributed by atoms with Gasteiger partial charge < -0.3 is 5.11 Å². The SMILES string of the molecule is CCCCCC(CC)ONCC(=O)O. The van der Waals surface area contributed by atoms with Crippen LogP contribution in [0.1, 0.15) is 46.0 Å². The zero-order valence-electron chi connectivity index (χ0n) is 9.08. The molecule has 4 nitrogen and oxygen atoms in total. The predicted octanol–water partition coefficient (Wildman–Crippen LogP) is 1.95. The lowest BCUT2D eigenvalue weighted by molar-refractivity contribution is -0.140. The summed E-state index contributed by atoms with van der Waals surface area (Å²) in [7, 11) is 0. The molecule has 4 heteroatoms. The Hall–Kier alpha value is -0.610. The Morgan fingerprint density at radius 2 is 2.14 bits per heavy atom. The van der Waals surface area contributed by atoms with Crippen molar-refractivity contribution in [3.05, 3.63) is 0 Å². The summed E-state index contributed by atoms with van der Waals surface area (Å²) >= 11 is 0. The van der Waals surface area contributed by atoms with Crippen molar-refractivity contribution < 1.29 is 14.7 Å². The van der Waals surface area contributed by atoms with Gasteiger partial charge in [0.15, 0.2) is 0 Å². The quantitative estimate of drug-likeness (QED) is 0.444. The van der Waals surface area contributed by atoms with Crippen molar-refractivity contribution in [2.24, 2.45) is 0 Å². The molecule has 0 aromatic rings. The Bertz CT molecular complexity index is 150. The van der Waals surface area contributed by atoms with Gasteiger partial charge in [0.25, 0.3) is 0 Å². The van der Waals surface area contributed by atoms with Crippen molar-refractivity contribution >= 4 is 5.97 Å². The molecule has 2 N–H and O–H groups in total. The van der Waals surface area contributed by atoms with Gasteiger partial charge in [-0.1, -0.05) is 33.1 Å². The third-order valence-electron chi connectivity index (χ3n) is 2.06. The Balaban J connectivity index is 3.42. The second-order valence-electron chi connectivity index (χ2n) is 3.36. The lowest BCUT2D eigenvalue weighted by atomic mass is 10.1. The van der Waals surface area contributed by atoms with Gasteiger partial charge >= 0.3 is 5.97 Å². The summed E-state index contributed by atoms with van der Waals surface area (Å²) in [4.78, 5) is 15.4. The van der Waals surface area contributed by atoms with Crippen molar-refractivity contribution in [3.63, 3.8) is 0 Å². The number of carbonyl (C=O) groups is 1. The molecule has 0 fully saturated rings. The van der Waals surface area contributed by atoms with Crippen LogP contribution in [0.2, 0.25) is 0 Å². The molecule has 0 spiro atoms. The minimum absolute atomic E-state index is 0.135. The van der Waals surface area contributed by atoms with Crippen LogP contribution in [0.15, 0.2) is 0 Å². The maximum Gasteiger partial charge on any atom is 0.319 e. The average Bonchev–Trinajstić information content (AvgIpc) is 2.15. The van der Waals surface area contributed by atoms with Crippen LogP contribution in [0.5, 0.6) is 0 Å². The second kappa shape index (κ2) is 8.97. The molecule has 1 unspecified atom stereocenters. The van der Waals surface area contributed by atoms with Crippen LogP contribution in [-0.4, -0.2) is 23.7 Å². The predicted molar refractivity (Wildman–Crippen MR) is 54.9 cm³/mol. The minimum atomic E-state index is -0.895. The van der Waals surface area contributed by atoms with Crippen LogP contribution < -0.4 is 5.48 Å². The van der Waals surface area contributed by atoms with Gasteiger partial charge in [0.2, 0.25) is 0 Å². The van der Waals surface area contributed by atoms with Gasteiger partial charge in [0.05, 0.1) is 6.10 Å². The molecule has 0 radical (unpaired) electrons. The first-order chi connectivity index (χ1) is 6.70. The topological polar surface area (TPSA) is 58.6 Å². The van der Waals surface area contributed by atoms with E-state index in [4.69, 9.17) is 9.94 Å². The van der Waals surface area contributed by atoms with Crippen molar-refractivity contribution in [3.8, 4) is 0 Å². The van der Waals surface area contributed by atoms with Crippen LogP contribution in [0.4, 0.5) is 0 Å². The largest absolute Gasteiger partial charge is 0.480 e. The summed E-state index contributed by atoms with van der Waals surface area (Å²) in [5, 5.41) is 8.37. The van der Waals surface area contributed by atoms with E-state index in [1.165, 1.54) is 12.8 Å².